The topological polar surface area (TPSA) is 74.3 Å². The molecule has 3 aromatic rings. The van der Waals surface area contributed by atoms with Crippen molar-refractivity contribution in [3.05, 3.63) is 70.1 Å². The van der Waals surface area contributed by atoms with Crippen LogP contribution in [0.15, 0.2) is 47.8 Å². The van der Waals surface area contributed by atoms with Gasteiger partial charge in [-0.15, -0.1) is 11.3 Å². The van der Waals surface area contributed by atoms with Gasteiger partial charge < -0.3 is 10.6 Å². The Morgan fingerprint density at radius 1 is 1.03 bits per heavy atom. The number of nitrogens with zero attached hydrogens (tertiary/aromatic N) is 2. The van der Waals surface area contributed by atoms with Gasteiger partial charge in [-0.25, -0.2) is 4.98 Å². The predicted octanol–water partition coefficient (Wildman–Crippen LogP) is 4.70. The van der Waals surface area contributed by atoms with Crippen molar-refractivity contribution < 1.29 is 9.59 Å². The van der Waals surface area contributed by atoms with Crippen LogP contribution >= 0.6 is 11.3 Å². The second-order valence-electron chi connectivity index (χ2n) is 9.09. The summed E-state index contributed by atoms with van der Waals surface area (Å²) in [7, 11) is 0. The number of aryl methyl sites for hydroxylation is 3. The summed E-state index contributed by atoms with van der Waals surface area (Å²) in [6, 6.07) is 14.3. The van der Waals surface area contributed by atoms with Crippen LogP contribution in [0.2, 0.25) is 0 Å². The monoisotopic (exact) mass is 476 g/mol. The number of thiazole rings is 1. The van der Waals surface area contributed by atoms with Crippen molar-refractivity contribution in [1.82, 2.24) is 15.2 Å². The highest BCUT2D eigenvalue weighted by atomic mass is 32.1. The fourth-order valence-electron chi connectivity index (χ4n) is 4.34. The maximum Gasteiger partial charge on any atom is 0.240 e. The van der Waals surface area contributed by atoms with Crippen LogP contribution in [0.1, 0.15) is 35.1 Å². The number of likely N-dealkylation sites (tertiary alicyclic amines) is 1. The number of hydrogen-bond donors (Lipinski definition) is 2. The predicted molar refractivity (Wildman–Crippen MR) is 138 cm³/mol. The Balaban J connectivity index is 1.23. The summed E-state index contributed by atoms with van der Waals surface area (Å²) in [5.41, 5.74) is 6.78. The van der Waals surface area contributed by atoms with Gasteiger partial charge in [0.2, 0.25) is 11.8 Å². The third-order valence-electron chi connectivity index (χ3n) is 6.50. The molecule has 1 aromatic heterocycles. The van der Waals surface area contributed by atoms with E-state index < -0.39 is 0 Å². The van der Waals surface area contributed by atoms with Gasteiger partial charge in [-0.2, -0.15) is 0 Å². The SMILES string of the molecule is Cc1cc(C)c(-c2csc(NC(=O)CN3CCC(C(=O)NCc4ccccc4)CC3)n2)cc1C. The van der Waals surface area contributed by atoms with E-state index in [0.29, 0.717) is 18.2 Å². The molecule has 1 saturated heterocycles. The minimum Gasteiger partial charge on any atom is -0.352 e. The van der Waals surface area contributed by atoms with Gasteiger partial charge in [0.05, 0.1) is 12.2 Å². The van der Waals surface area contributed by atoms with Crippen LogP contribution in [-0.4, -0.2) is 41.3 Å². The van der Waals surface area contributed by atoms with Crippen molar-refractivity contribution in [3.8, 4) is 11.3 Å². The molecule has 6 nitrogen and oxygen atoms in total. The van der Waals surface area contributed by atoms with Crippen molar-refractivity contribution in [3.63, 3.8) is 0 Å². The van der Waals surface area contributed by atoms with Crippen molar-refractivity contribution in [2.24, 2.45) is 5.92 Å². The zero-order valence-corrected chi connectivity index (χ0v) is 20.9. The van der Waals surface area contributed by atoms with Gasteiger partial charge in [-0.05, 0) is 75.0 Å². The van der Waals surface area contributed by atoms with Crippen LogP contribution in [0.5, 0.6) is 0 Å². The van der Waals surface area contributed by atoms with E-state index in [9.17, 15) is 9.59 Å². The number of anilines is 1. The first-order valence-electron chi connectivity index (χ1n) is 11.8. The number of amides is 2. The number of carbonyl (C=O) groups is 2. The molecule has 0 spiro atoms. The fraction of sp³-hybridized carbons (Fsp3) is 0.370. The van der Waals surface area contributed by atoms with Gasteiger partial charge in [0.25, 0.3) is 0 Å². The van der Waals surface area contributed by atoms with E-state index in [1.54, 1.807) is 0 Å². The van der Waals surface area contributed by atoms with Crippen LogP contribution in [-0.2, 0) is 16.1 Å². The number of nitrogens with one attached hydrogen (secondary N) is 2. The fourth-order valence-corrected chi connectivity index (χ4v) is 5.06. The van der Waals surface area contributed by atoms with Gasteiger partial charge in [0, 0.05) is 23.4 Å². The summed E-state index contributed by atoms with van der Waals surface area (Å²) in [5.74, 6) is 0.0420. The van der Waals surface area contributed by atoms with Crippen LogP contribution in [0.25, 0.3) is 11.3 Å². The normalized spacial score (nSPS) is 14.7. The van der Waals surface area contributed by atoms with E-state index in [1.807, 2.05) is 35.7 Å². The molecular formula is C27H32N4O2S. The molecule has 0 saturated carbocycles. The van der Waals surface area contributed by atoms with Crippen LogP contribution in [0, 0.1) is 26.7 Å². The number of carbonyl (C=O) groups excluding carboxylic acids is 2. The van der Waals surface area contributed by atoms with Crippen LogP contribution in [0.4, 0.5) is 5.13 Å². The molecular weight excluding hydrogens is 444 g/mol. The first kappa shape index (κ1) is 24.1. The largest absolute Gasteiger partial charge is 0.352 e. The smallest absolute Gasteiger partial charge is 0.240 e. The van der Waals surface area contributed by atoms with Crippen molar-refractivity contribution in [2.45, 2.75) is 40.2 Å². The summed E-state index contributed by atoms with van der Waals surface area (Å²) in [6.45, 7) is 8.65. The standard InChI is InChI=1S/C27H32N4O2S/c1-18-13-20(3)23(14-19(18)2)24-17-34-27(29-24)30-25(32)16-31-11-9-22(10-12-31)26(33)28-15-21-7-5-4-6-8-21/h4-8,13-14,17,22H,9-12,15-16H2,1-3H3,(H,28,33)(H,29,30,32). The molecule has 7 heteroatoms. The zero-order valence-electron chi connectivity index (χ0n) is 20.1. The molecule has 178 valence electrons. The van der Waals surface area contributed by atoms with Gasteiger partial charge in [0.1, 0.15) is 0 Å². The van der Waals surface area contributed by atoms with Gasteiger partial charge in [-0.1, -0.05) is 36.4 Å². The third-order valence-corrected chi connectivity index (χ3v) is 7.26. The van der Waals surface area contributed by atoms with Crippen LogP contribution in [0.3, 0.4) is 0 Å². The zero-order chi connectivity index (χ0) is 24.1. The maximum atomic E-state index is 12.6. The molecule has 0 aliphatic carbocycles. The highest BCUT2D eigenvalue weighted by Crippen LogP contribution is 2.29. The maximum absolute atomic E-state index is 12.6. The van der Waals surface area contributed by atoms with Gasteiger partial charge in [0.15, 0.2) is 5.13 Å². The van der Waals surface area contributed by atoms with E-state index in [-0.39, 0.29) is 17.7 Å². The Morgan fingerprint density at radius 3 is 2.47 bits per heavy atom. The minimum atomic E-state index is -0.0651. The van der Waals surface area contributed by atoms with Crippen LogP contribution < -0.4 is 10.6 Å². The molecule has 2 N–H and O–H groups in total. The highest BCUT2D eigenvalue weighted by molar-refractivity contribution is 7.14. The van der Waals surface area contributed by atoms with Gasteiger partial charge in [-0.3, -0.25) is 14.5 Å². The van der Waals surface area contributed by atoms with E-state index in [1.165, 1.54) is 28.0 Å². The molecule has 0 unspecified atom stereocenters. The quantitative estimate of drug-likeness (QED) is 0.518. The molecule has 1 aliphatic rings. The lowest BCUT2D eigenvalue weighted by atomic mass is 9.96. The third kappa shape index (κ3) is 6.10. The lowest BCUT2D eigenvalue weighted by Gasteiger charge is -2.30. The molecule has 2 heterocycles. The molecule has 0 atom stereocenters. The lowest BCUT2D eigenvalue weighted by molar-refractivity contribution is -0.126. The molecule has 1 aliphatic heterocycles. The van der Waals surface area contributed by atoms with Gasteiger partial charge >= 0.3 is 0 Å². The van der Waals surface area contributed by atoms with Crippen molar-refractivity contribution in [2.75, 3.05) is 25.0 Å². The Labute approximate surface area is 205 Å². The molecule has 2 amide bonds. The Bertz CT molecular complexity index is 1150. The molecule has 34 heavy (non-hydrogen) atoms. The first-order chi connectivity index (χ1) is 16.4. The molecule has 4 rings (SSSR count). The van der Waals surface area contributed by atoms with Crippen molar-refractivity contribution in [1.29, 1.82) is 0 Å². The molecule has 0 bridgehead atoms. The van der Waals surface area contributed by atoms with E-state index in [0.717, 1.165) is 42.8 Å². The Morgan fingerprint density at radius 2 is 1.74 bits per heavy atom. The summed E-state index contributed by atoms with van der Waals surface area (Å²) in [5, 5.41) is 8.59. The Kier molecular flexibility index (Phi) is 7.75. The second-order valence-corrected chi connectivity index (χ2v) is 9.95. The highest BCUT2D eigenvalue weighted by Gasteiger charge is 2.26. The van der Waals surface area contributed by atoms with E-state index in [2.05, 4.69) is 53.4 Å². The average Bonchev–Trinajstić information content (AvgIpc) is 3.29. The summed E-state index contributed by atoms with van der Waals surface area (Å²) in [6.07, 6.45) is 1.53. The molecule has 2 aromatic carbocycles. The first-order valence-corrected chi connectivity index (χ1v) is 12.6. The minimum absolute atomic E-state index is 0.00532. The summed E-state index contributed by atoms with van der Waals surface area (Å²) in [4.78, 5) is 31.9. The summed E-state index contributed by atoms with van der Waals surface area (Å²) < 4.78 is 0. The lowest BCUT2D eigenvalue weighted by Crippen LogP contribution is -2.43. The number of benzene rings is 2. The number of piperidine rings is 1. The molecule has 0 radical (unpaired) electrons. The summed E-state index contributed by atoms with van der Waals surface area (Å²) >= 11 is 1.45. The average molecular weight is 477 g/mol. The second kappa shape index (κ2) is 10.9. The Hall–Kier alpha value is -3.03. The van der Waals surface area contributed by atoms with E-state index in [4.69, 9.17) is 0 Å². The number of aromatic nitrogens is 1. The number of hydrogen-bond acceptors (Lipinski definition) is 5. The van der Waals surface area contributed by atoms with Crippen molar-refractivity contribution >= 4 is 28.3 Å². The molecule has 1 fully saturated rings. The van der Waals surface area contributed by atoms with E-state index >= 15 is 0 Å². The number of rotatable bonds is 7.